The summed E-state index contributed by atoms with van der Waals surface area (Å²) in [4.78, 5) is 2.24. The lowest BCUT2D eigenvalue weighted by Crippen LogP contribution is -2.21. The third kappa shape index (κ3) is 2.76. The van der Waals surface area contributed by atoms with Crippen molar-refractivity contribution in [1.82, 2.24) is 0 Å². The van der Waals surface area contributed by atoms with E-state index in [0.29, 0.717) is 12.3 Å². The van der Waals surface area contributed by atoms with Crippen LogP contribution in [0.2, 0.25) is 0 Å². The number of nitrogens with zero attached hydrogens (tertiary/aromatic N) is 1. The zero-order valence-electron chi connectivity index (χ0n) is 10.5. The summed E-state index contributed by atoms with van der Waals surface area (Å²) >= 11 is 0. The first kappa shape index (κ1) is 13.2. The van der Waals surface area contributed by atoms with Crippen LogP contribution in [0.15, 0.2) is 18.2 Å². The Balaban J connectivity index is 2.16. The Morgan fingerprint density at radius 1 is 1.22 bits per heavy atom. The molecular formula is C14H21NO3. The number of hydrogen-bond acceptors (Lipinski definition) is 4. The molecule has 1 aliphatic rings. The Kier molecular flexibility index (Phi) is 4.44. The predicted octanol–water partition coefficient (Wildman–Crippen LogP) is 1.14. The fourth-order valence-corrected chi connectivity index (χ4v) is 2.70. The Morgan fingerprint density at radius 3 is 2.78 bits per heavy atom. The minimum atomic E-state index is 0.0402. The van der Waals surface area contributed by atoms with E-state index in [1.807, 2.05) is 12.1 Å². The normalized spacial score (nSPS) is 19.4. The van der Waals surface area contributed by atoms with Gasteiger partial charge in [0.15, 0.2) is 0 Å². The van der Waals surface area contributed by atoms with Crippen LogP contribution in [-0.4, -0.2) is 41.6 Å². The standard InChI is InChI=1S/C14H21NO3/c16-8-5-11-4-7-15(10-11)13-2-1-3-14(18)12(13)6-9-17/h1-3,11,16-18H,4-10H2. The van der Waals surface area contributed by atoms with Crippen molar-refractivity contribution in [1.29, 1.82) is 0 Å². The number of benzene rings is 1. The van der Waals surface area contributed by atoms with Gasteiger partial charge in [-0.1, -0.05) is 6.07 Å². The molecule has 1 aromatic carbocycles. The van der Waals surface area contributed by atoms with Crippen molar-refractivity contribution >= 4 is 5.69 Å². The van der Waals surface area contributed by atoms with E-state index >= 15 is 0 Å². The van der Waals surface area contributed by atoms with Crippen molar-refractivity contribution in [2.24, 2.45) is 5.92 Å². The van der Waals surface area contributed by atoms with E-state index in [-0.39, 0.29) is 19.0 Å². The highest BCUT2D eigenvalue weighted by Gasteiger charge is 2.24. The van der Waals surface area contributed by atoms with Crippen molar-refractivity contribution in [2.75, 3.05) is 31.2 Å². The molecular weight excluding hydrogens is 230 g/mol. The van der Waals surface area contributed by atoms with Crippen molar-refractivity contribution in [3.05, 3.63) is 23.8 Å². The van der Waals surface area contributed by atoms with Gasteiger partial charge in [-0.2, -0.15) is 0 Å². The van der Waals surface area contributed by atoms with Crippen LogP contribution < -0.4 is 4.90 Å². The Labute approximate surface area is 107 Å². The topological polar surface area (TPSA) is 63.9 Å². The van der Waals surface area contributed by atoms with E-state index in [1.54, 1.807) is 6.07 Å². The van der Waals surface area contributed by atoms with Gasteiger partial charge < -0.3 is 20.2 Å². The first-order valence-corrected chi connectivity index (χ1v) is 6.53. The zero-order chi connectivity index (χ0) is 13.0. The summed E-state index contributed by atoms with van der Waals surface area (Å²) in [6.45, 7) is 2.15. The Hall–Kier alpha value is -1.26. The quantitative estimate of drug-likeness (QED) is 0.734. The van der Waals surface area contributed by atoms with Crippen LogP contribution in [0.5, 0.6) is 5.75 Å². The summed E-state index contributed by atoms with van der Waals surface area (Å²) in [6.07, 6.45) is 2.39. The van der Waals surface area contributed by atoms with Crippen molar-refractivity contribution in [3.8, 4) is 5.75 Å². The predicted molar refractivity (Wildman–Crippen MR) is 70.9 cm³/mol. The number of phenols is 1. The molecule has 4 nitrogen and oxygen atoms in total. The highest BCUT2D eigenvalue weighted by atomic mass is 16.3. The van der Waals surface area contributed by atoms with Crippen molar-refractivity contribution in [2.45, 2.75) is 19.3 Å². The molecule has 3 N–H and O–H groups in total. The number of aromatic hydroxyl groups is 1. The minimum Gasteiger partial charge on any atom is -0.508 e. The number of aliphatic hydroxyl groups excluding tert-OH is 2. The van der Waals surface area contributed by atoms with Crippen molar-refractivity contribution in [3.63, 3.8) is 0 Å². The summed E-state index contributed by atoms with van der Waals surface area (Å²) in [6, 6.07) is 5.49. The maximum atomic E-state index is 9.87. The van der Waals surface area contributed by atoms with E-state index in [2.05, 4.69) is 4.90 Å². The van der Waals surface area contributed by atoms with Crippen LogP contribution in [0.4, 0.5) is 5.69 Å². The first-order chi connectivity index (χ1) is 8.76. The molecule has 1 fully saturated rings. The van der Waals surface area contributed by atoms with Crippen LogP contribution in [-0.2, 0) is 6.42 Å². The van der Waals surface area contributed by atoms with Gasteiger partial charge in [0.05, 0.1) is 0 Å². The molecule has 100 valence electrons. The molecule has 1 aliphatic heterocycles. The molecule has 0 aliphatic carbocycles. The van der Waals surface area contributed by atoms with E-state index in [1.165, 1.54) is 0 Å². The molecule has 0 bridgehead atoms. The van der Waals surface area contributed by atoms with Crippen LogP contribution in [0.1, 0.15) is 18.4 Å². The molecule has 4 heteroatoms. The lowest BCUT2D eigenvalue weighted by atomic mass is 10.1. The molecule has 18 heavy (non-hydrogen) atoms. The second kappa shape index (κ2) is 6.07. The number of aliphatic hydroxyl groups is 2. The highest BCUT2D eigenvalue weighted by molar-refractivity contribution is 5.59. The average molecular weight is 251 g/mol. The second-order valence-electron chi connectivity index (χ2n) is 4.86. The zero-order valence-corrected chi connectivity index (χ0v) is 10.5. The van der Waals surface area contributed by atoms with Crippen LogP contribution in [0, 0.1) is 5.92 Å². The van der Waals surface area contributed by atoms with E-state index < -0.39 is 0 Å². The van der Waals surface area contributed by atoms with Gasteiger partial charge >= 0.3 is 0 Å². The SMILES string of the molecule is OCCc1c(O)cccc1N1CCC(CCO)C1. The minimum absolute atomic E-state index is 0.0402. The van der Waals surface area contributed by atoms with E-state index in [4.69, 9.17) is 10.2 Å². The molecule has 2 rings (SSSR count). The third-order valence-corrected chi connectivity index (χ3v) is 3.65. The lowest BCUT2D eigenvalue weighted by Gasteiger charge is -2.22. The maximum Gasteiger partial charge on any atom is 0.120 e. The fourth-order valence-electron chi connectivity index (χ4n) is 2.70. The molecule has 0 aromatic heterocycles. The molecule has 1 saturated heterocycles. The number of hydrogen-bond donors (Lipinski definition) is 3. The van der Waals surface area contributed by atoms with Gasteiger partial charge in [-0.15, -0.1) is 0 Å². The van der Waals surface area contributed by atoms with Crippen LogP contribution in [0.3, 0.4) is 0 Å². The number of anilines is 1. The summed E-state index contributed by atoms with van der Waals surface area (Å²) in [5.74, 6) is 0.784. The second-order valence-corrected chi connectivity index (χ2v) is 4.86. The van der Waals surface area contributed by atoms with Gasteiger partial charge in [0.2, 0.25) is 0 Å². The summed E-state index contributed by atoms with van der Waals surface area (Å²) in [5.41, 5.74) is 1.84. The summed E-state index contributed by atoms with van der Waals surface area (Å²) in [5, 5.41) is 27.9. The van der Waals surface area contributed by atoms with Gasteiger partial charge in [-0.3, -0.25) is 0 Å². The van der Waals surface area contributed by atoms with Crippen molar-refractivity contribution < 1.29 is 15.3 Å². The van der Waals surface area contributed by atoms with Crippen LogP contribution >= 0.6 is 0 Å². The Bertz CT molecular complexity index is 395. The Morgan fingerprint density at radius 2 is 2.06 bits per heavy atom. The van der Waals surface area contributed by atoms with E-state index in [9.17, 15) is 5.11 Å². The molecule has 0 radical (unpaired) electrons. The molecule has 0 spiro atoms. The number of phenolic OH excluding ortho intramolecular Hbond substituents is 1. The van der Waals surface area contributed by atoms with Gasteiger partial charge in [0, 0.05) is 44.0 Å². The van der Waals surface area contributed by atoms with Crippen LogP contribution in [0.25, 0.3) is 0 Å². The molecule has 1 unspecified atom stereocenters. The van der Waals surface area contributed by atoms with Gasteiger partial charge in [0.1, 0.15) is 5.75 Å². The monoisotopic (exact) mass is 251 g/mol. The average Bonchev–Trinajstić information content (AvgIpc) is 2.81. The maximum absolute atomic E-state index is 9.87. The smallest absolute Gasteiger partial charge is 0.120 e. The first-order valence-electron chi connectivity index (χ1n) is 6.53. The van der Waals surface area contributed by atoms with Gasteiger partial charge in [0.25, 0.3) is 0 Å². The molecule has 1 atom stereocenters. The van der Waals surface area contributed by atoms with E-state index in [0.717, 1.165) is 37.2 Å². The van der Waals surface area contributed by atoms with Gasteiger partial charge in [-0.05, 0) is 30.9 Å². The summed E-state index contributed by atoms with van der Waals surface area (Å²) in [7, 11) is 0. The molecule has 1 heterocycles. The highest BCUT2D eigenvalue weighted by Crippen LogP contribution is 2.33. The van der Waals surface area contributed by atoms with Gasteiger partial charge in [-0.25, -0.2) is 0 Å². The third-order valence-electron chi connectivity index (χ3n) is 3.65. The molecule has 0 amide bonds. The molecule has 0 saturated carbocycles. The largest absolute Gasteiger partial charge is 0.508 e. The summed E-state index contributed by atoms with van der Waals surface area (Å²) < 4.78 is 0. The number of rotatable bonds is 5. The lowest BCUT2D eigenvalue weighted by molar-refractivity contribution is 0.263. The molecule has 1 aromatic rings. The fraction of sp³-hybridized carbons (Fsp3) is 0.571.